The average Bonchev–Trinajstić information content (AvgIpc) is 2.15. The zero-order chi connectivity index (χ0) is 8.81. The number of aliphatic hydroxyl groups is 1. The smallest absolute Gasteiger partial charge is 0.150 e. The van der Waals surface area contributed by atoms with Gasteiger partial charge in [0.2, 0.25) is 0 Å². The van der Waals surface area contributed by atoms with Gasteiger partial charge in [0, 0.05) is 5.56 Å². The standard InChI is InChI=1S/C9H10O3/c10-5-8-1-3-9(4-2-8)6-12-7-11/h1-5,11H,6-7H2. The second kappa shape index (κ2) is 4.64. The van der Waals surface area contributed by atoms with Gasteiger partial charge in [0.05, 0.1) is 6.61 Å². The van der Waals surface area contributed by atoms with Crippen molar-refractivity contribution in [2.45, 2.75) is 6.61 Å². The summed E-state index contributed by atoms with van der Waals surface area (Å²) in [6.07, 6.45) is 0.788. The molecular formula is C9H10O3. The van der Waals surface area contributed by atoms with Crippen molar-refractivity contribution in [1.82, 2.24) is 0 Å². The number of hydrogen-bond acceptors (Lipinski definition) is 3. The molecule has 0 atom stereocenters. The number of carbonyl (C=O) groups is 1. The minimum atomic E-state index is -0.282. The van der Waals surface area contributed by atoms with Crippen LogP contribution >= 0.6 is 0 Å². The summed E-state index contributed by atoms with van der Waals surface area (Å²) >= 11 is 0. The van der Waals surface area contributed by atoms with Gasteiger partial charge in [0.15, 0.2) is 0 Å². The van der Waals surface area contributed by atoms with E-state index >= 15 is 0 Å². The first-order valence-corrected chi connectivity index (χ1v) is 3.59. The lowest BCUT2D eigenvalue weighted by Gasteiger charge is -1.99. The van der Waals surface area contributed by atoms with Crippen molar-refractivity contribution in [2.24, 2.45) is 0 Å². The molecule has 12 heavy (non-hydrogen) atoms. The molecule has 0 saturated carbocycles. The molecule has 3 heteroatoms. The van der Waals surface area contributed by atoms with Gasteiger partial charge < -0.3 is 9.84 Å². The van der Waals surface area contributed by atoms with Gasteiger partial charge in [0.25, 0.3) is 0 Å². The van der Waals surface area contributed by atoms with Crippen molar-refractivity contribution >= 4 is 6.29 Å². The molecule has 1 rings (SSSR count). The maximum absolute atomic E-state index is 10.3. The maximum atomic E-state index is 10.3. The molecular weight excluding hydrogens is 156 g/mol. The average molecular weight is 166 g/mol. The number of aldehydes is 1. The lowest BCUT2D eigenvalue weighted by atomic mass is 10.2. The second-order valence-electron chi connectivity index (χ2n) is 2.34. The van der Waals surface area contributed by atoms with Crippen LogP contribution in [0, 0.1) is 0 Å². The molecule has 0 aliphatic heterocycles. The summed E-state index contributed by atoms with van der Waals surface area (Å²) in [7, 11) is 0. The van der Waals surface area contributed by atoms with Crippen LogP contribution in [-0.2, 0) is 11.3 Å². The van der Waals surface area contributed by atoms with Crippen LogP contribution in [0.3, 0.4) is 0 Å². The molecule has 3 nitrogen and oxygen atoms in total. The molecule has 0 aliphatic carbocycles. The van der Waals surface area contributed by atoms with E-state index in [1.807, 2.05) is 0 Å². The number of aliphatic hydroxyl groups excluding tert-OH is 1. The third kappa shape index (κ3) is 2.45. The van der Waals surface area contributed by atoms with Crippen LogP contribution in [0.25, 0.3) is 0 Å². The molecule has 0 aliphatic rings. The molecule has 0 aromatic heterocycles. The fourth-order valence-electron chi connectivity index (χ4n) is 0.856. The SMILES string of the molecule is O=Cc1ccc(COCO)cc1. The van der Waals surface area contributed by atoms with E-state index in [-0.39, 0.29) is 6.79 Å². The Morgan fingerprint density at radius 3 is 2.50 bits per heavy atom. The first-order chi connectivity index (χ1) is 5.86. The Morgan fingerprint density at radius 1 is 1.33 bits per heavy atom. The maximum Gasteiger partial charge on any atom is 0.150 e. The fourth-order valence-corrected chi connectivity index (χ4v) is 0.856. The van der Waals surface area contributed by atoms with Gasteiger partial charge in [-0.25, -0.2) is 0 Å². The number of benzene rings is 1. The van der Waals surface area contributed by atoms with Gasteiger partial charge in [-0.1, -0.05) is 24.3 Å². The molecule has 0 saturated heterocycles. The predicted octanol–water partition coefficient (Wildman–Crippen LogP) is 0.966. The Labute approximate surface area is 70.6 Å². The van der Waals surface area contributed by atoms with Crippen molar-refractivity contribution in [2.75, 3.05) is 6.79 Å². The summed E-state index contributed by atoms with van der Waals surface area (Å²) in [5.41, 5.74) is 1.58. The molecule has 0 amide bonds. The zero-order valence-electron chi connectivity index (χ0n) is 6.56. The van der Waals surface area contributed by atoms with E-state index in [9.17, 15) is 4.79 Å². The normalized spacial score (nSPS) is 9.75. The van der Waals surface area contributed by atoms with Crippen LogP contribution in [0.5, 0.6) is 0 Å². The summed E-state index contributed by atoms with van der Waals surface area (Å²) in [5.74, 6) is 0. The van der Waals surface area contributed by atoms with Gasteiger partial charge in [-0.3, -0.25) is 4.79 Å². The second-order valence-corrected chi connectivity index (χ2v) is 2.34. The van der Waals surface area contributed by atoms with E-state index in [0.29, 0.717) is 12.2 Å². The Kier molecular flexibility index (Phi) is 3.44. The predicted molar refractivity (Wildman–Crippen MR) is 43.7 cm³/mol. The topological polar surface area (TPSA) is 46.5 Å². The van der Waals surface area contributed by atoms with Crippen LogP contribution in [0.15, 0.2) is 24.3 Å². The summed E-state index contributed by atoms with van der Waals surface area (Å²) in [5, 5.41) is 8.35. The van der Waals surface area contributed by atoms with Crippen molar-refractivity contribution < 1.29 is 14.6 Å². The molecule has 0 radical (unpaired) electrons. The van der Waals surface area contributed by atoms with E-state index in [1.165, 1.54) is 0 Å². The summed E-state index contributed by atoms with van der Waals surface area (Å²) in [6, 6.07) is 7.00. The van der Waals surface area contributed by atoms with Crippen molar-refractivity contribution in [3.05, 3.63) is 35.4 Å². The quantitative estimate of drug-likeness (QED) is 0.535. The van der Waals surface area contributed by atoms with E-state index in [1.54, 1.807) is 24.3 Å². The Hall–Kier alpha value is -1.19. The van der Waals surface area contributed by atoms with Gasteiger partial charge in [-0.2, -0.15) is 0 Å². The molecule has 0 fully saturated rings. The highest BCUT2D eigenvalue weighted by Gasteiger charge is 1.92. The molecule has 0 spiro atoms. The fraction of sp³-hybridized carbons (Fsp3) is 0.222. The van der Waals surface area contributed by atoms with Crippen molar-refractivity contribution in [3.63, 3.8) is 0 Å². The van der Waals surface area contributed by atoms with Crippen LogP contribution in [0.4, 0.5) is 0 Å². The van der Waals surface area contributed by atoms with Crippen LogP contribution in [0.2, 0.25) is 0 Å². The van der Waals surface area contributed by atoms with Gasteiger partial charge in [-0.15, -0.1) is 0 Å². The third-order valence-corrected chi connectivity index (χ3v) is 1.48. The van der Waals surface area contributed by atoms with E-state index in [2.05, 4.69) is 0 Å². The molecule has 64 valence electrons. The van der Waals surface area contributed by atoms with Gasteiger partial charge in [-0.05, 0) is 5.56 Å². The summed E-state index contributed by atoms with van der Waals surface area (Å²) in [4.78, 5) is 10.3. The molecule has 0 heterocycles. The largest absolute Gasteiger partial charge is 0.371 e. The Morgan fingerprint density at radius 2 is 2.00 bits per heavy atom. The highest BCUT2D eigenvalue weighted by molar-refractivity contribution is 5.74. The Balaban J connectivity index is 2.58. The van der Waals surface area contributed by atoms with E-state index in [0.717, 1.165) is 11.8 Å². The molecule has 1 N–H and O–H groups in total. The zero-order valence-corrected chi connectivity index (χ0v) is 6.56. The monoisotopic (exact) mass is 166 g/mol. The summed E-state index contributed by atoms with van der Waals surface area (Å²) in [6.45, 7) is 0.0884. The van der Waals surface area contributed by atoms with E-state index < -0.39 is 0 Å². The number of ether oxygens (including phenoxy) is 1. The highest BCUT2D eigenvalue weighted by Crippen LogP contribution is 2.03. The minimum Gasteiger partial charge on any atom is -0.371 e. The van der Waals surface area contributed by atoms with Crippen molar-refractivity contribution in [1.29, 1.82) is 0 Å². The number of carbonyl (C=O) groups excluding carboxylic acids is 1. The van der Waals surface area contributed by atoms with Crippen molar-refractivity contribution in [3.8, 4) is 0 Å². The van der Waals surface area contributed by atoms with E-state index in [4.69, 9.17) is 9.84 Å². The molecule has 1 aromatic rings. The summed E-state index contributed by atoms with van der Waals surface area (Å²) < 4.78 is 4.76. The molecule has 0 bridgehead atoms. The van der Waals surface area contributed by atoms with Crippen LogP contribution < -0.4 is 0 Å². The lowest BCUT2D eigenvalue weighted by Crippen LogP contribution is -1.93. The lowest BCUT2D eigenvalue weighted by molar-refractivity contribution is -0.0112. The van der Waals surface area contributed by atoms with Gasteiger partial charge >= 0.3 is 0 Å². The number of hydrogen-bond donors (Lipinski definition) is 1. The first kappa shape index (κ1) is 8.90. The Bertz CT molecular complexity index is 240. The van der Waals surface area contributed by atoms with Gasteiger partial charge in [0.1, 0.15) is 13.1 Å². The van der Waals surface area contributed by atoms with Crippen LogP contribution in [0.1, 0.15) is 15.9 Å². The van der Waals surface area contributed by atoms with Crippen LogP contribution in [-0.4, -0.2) is 18.2 Å². The number of rotatable bonds is 4. The highest BCUT2D eigenvalue weighted by atomic mass is 16.6. The molecule has 1 aromatic carbocycles. The minimum absolute atomic E-state index is 0.282. The molecule has 0 unspecified atom stereocenters. The third-order valence-electron chi connectivity index (χ3n) is 1.48. The first-order valence-electron chi connectivity index (χ1n) is 3.59.